The van der Waals surface area contributed by atoms with E-state index in [9.17, 15) is 9.59 Å². The summed E-state index contributed by atoms with van der Waals surface area (Å²) < 4.78 is 5.47. The fourth-order valence-corrected chi connectivity index (χ4v) is 4.64. The van der Waals surface area contributed by atoms with E-state index in [1.807, 2.05) is 38.1 Å². The van der Waals surface area contributed by atoms with Gasteiger partial charge in [-0.25, -0.2) is 0 Å². The van der Waals surface area contributed by atoms with Crippen molar-refractivity contribution in [3.63, 3.8) is 0 Å². The lowest BCUT2D eigenvalue weighted by Crippen LogP contribution is -2.52. The molecule has 0 radical (unpaired) electrons. The van der Waals surface area contributed by atoms with Crippen molar-refractivity contribution >= 4 is 23.5 Å². The average molecular weight is 434 g/mol. The first-order valence-electron chi connectivity index (χ1n) is 11.6. The Labute approximate surface area is 187 Å². The van der Waals surface area contributed by atoms with E-state index >= 15 is 0 Å². The fraction of sp³-hybridized carbons (Fsp3) is 0.680. The van der Waals surface area contributed by atoms with Crippen LogP contribution in [0.1, 0.15) is 83.0 Å². The lowest BCUT2D eigenvalue weighted by molar-refractivity contribution is -0.141. The third-order valence-electron chi connectivity index (χ3n) is 6.20. The Hall–Kier alpha value is -1.33. The number of hydrogen-bond donors (Lipinski definition) is 0. The lowest BCUT2D eigenvalue weighted by atomic mass is 9.89. The van der Waals surface area contributed by atoms with Crippen LogP contribution in [0, 0.1) is 5.92 Å². The van der Waals surface area contributed by atoms with Gasteiger partial charge < -0.3 is 4.74 Å². The zero-order valence-corrected chi connectivity index (χ0v) is 20.1. The van der Waals surface area contributed by atoms with E-state index in [2.05, 4.69) is 18.7 Å². The number of carbonyl (C=O) groups excluding carboxylic acids is 2. The van der Waals surface area contributed by atoms with E-state index in [0.29, 0.717) is 18.3 Å². The van der Waals surface area contributed by atoms with E-state index in [4.69, 9.17) is 4.74 Å². The molecule has 1 heterocycles. The summed E-state index contributed by atoms with van der Waals surface area (Å²) >= 11 is 1.47. The van der Waals surface area contributed by atoms with Gasteiger partial charge in [-0.2, -0.15) is 0 Å². The topological polar surface area (TPSA) is 46.6 Å². The highest BCUT2D eigenvalue weighted by Gasteiger charge is 2.35. The van der Waals surface area contributed by atoms with Crippen molar-refractivity contribution in [3.8, 4) is 0 Å². The lowest BCUT2D eigenvalue weighted by Gasteiger charge is -2.39. The van der Waals surface area contributed by atoms with Crippen LogP contribution < -0.4 is 0 Å². The SMILES string of the molecule is CCCCC(CC)COC(=O)CSc1ccc(C(=O)C(C)(C)N2CCCCC2)cc1. The Kier molecular flexibility index (Phi) is 10.4. The van der Waals surface area contributed by atoms with Crippen molar-refractivity contribution in [2.75, 3.05) is 25.4 Å². The maximum Gasteiger partial charge on any atom is 0.316 e. The maximum atomic E-state index is 13.1. The van der Waals surface area contributed by atoms with Crippen LogP contribution >= 0.6 is 11.8 Å². The summed E-state index contributed by atoms with van der Waals surface area (Å²) in [6, 6.07) is 7.65. The molecule has 0 aromatic heterocycles. The summed E-state index contributed by atoms with van der Waals surface area (Å²) in [5.41, 5.74) is 0.256. The standard InChI is InChI=1S/C25H39NO3S/c1-5-7-11-20(6-2)18-29-23(27)19-30-22-14-12-21(13-15-22)24(28)25(3,4)26-16-9-8-10-17-26/h12-15,20H,5-11,16-19H2,1-4H3. The first-order valence-corrected chi connectivity index (χ1v) is 12.5. The number of hydrogen-bond acceptors (Lipinski definition) is 5. The van der Waals surface area contributed by atoms with Crippen LogP contribution in [-0.2, 0) is 9.53 Å². The predicted molar refractivity (Wildman–Crippen MR) is 125 cm³/mol. The predicted octanol–water partition coefficient (Wildman–Crippen LogP) is 5.99. The van der Waals surface area contributed by atoms with Gasteiger partial charge in [0.2, 0.25) is 0 Å². The number of esters is 1. The van der Waals surface area contributed by atoms with Gasteiger partial charge in [0.05, 0.1) is 17.9 Å². The first kappa shape index (κ1) is 24.9. The highest BCUT2D eigenvalue weighted by atomic mass is 32.2. The molecular weight excluding hydrogens is 394 g/mol. The largest absolute Gasteiger partial charge is 0.465 e. The van der Waals surface area contributed by atoms with Gasteiger partial charge in [-0.05, 0) is 64.3 Å². The molecular formula is C25H39NO3S. The first-order chi connectivity index (χ1) is 14.4. The average Bonchev–Trinajstić information content (AvgIpc) is 2.78. The maximum absolute atomic E-state index is 13.1. The number of Topliss-reactive ketones (excluding diaryl/α,β-unsaturated/α-hetero) is 1. The molecule has 1 aromatic carbocycles. The van der Waals surface area contributed by atoms with Crippen molar-refractivity contribution in [1.82, 2.24) is 4.90 Å². The number of likely N-dealkylation sites (tertiary alicyclic amines) is 1. The van der Waals surface area contributed by atoms with E-state index in [1.165, 1.54) is 43.9 Å². The van der Waals surface area contributed by atoms with Gasteiger partial charge >= 0.3 is 5.97 Å². The van der Waals surface area contributed by atoms with Gasteiger partial charge in [-0.1, -0.05) is 51.7 Å². The van der Waals surface area contributed by atoms with Gasteiger partial charge in [-0.15, -0.1) is 11.8 Å². The molecule has 30 heavy (non-hydrogen) atoms. The van der Waals surface area contributed by atoms with Gasteiger partial charge in [0.25, 0.3) is 0 Å². The summed E-state index contributed by atoms with van der Waals surface area (Å²) in [6.07, 6.45) is 8.12. The Morgan fingerprint density at radius 3 is 2.37 bits per heavy atom. The molecule has 0 saturated carbocycles. The Morgan fingerprint density at radius 1 is 1.10 bits per heavy atom. The molecule has 1 aliphatic heterocycles. The van der Waals surface area contributed by atoms with Crippen molar-refractivity contribution in [2.45, 2.75) is 83.1 Å². The zero-order chi connectivity index (χ0) is 22.0. The molecule has 0 bridgehead atoms. The smallest absolute Gasteiger partial charge is 0.316 e. The number of rotatable bonds is 12. The van der Waals surface area contributed by atoms with Crippen LogP contribution in [0.15, 0.2) is 29.2 Å². The van der Waals surface area contributed by atoms with Crippen molar-refractivity contribution in [2.24, 2.45) is 5.92 Å². The summed E-state index contributed by atoms with van der Waals surface area (Å²) in [5.74, 6) is 0.767. The number of unbranched alkanes of at least 4 members (excludes halogenated alkanes) is 1. The molecule has 1 fully saturated rings. The number of ether oxygens (including phenoxy) is 1. The van der Waals surface area contributed by atoms with Crippen LogP contribution in [0.3, 0.4) is 0 Å². The number of thioether (sulfide) groups is 1. The molecule has 5 heteroatoms. The van der Waals surface area contributed by atoms with E-state index < -0.39 is 5.54 Å². The molecule has 168 valence electrons. The Balaban J connectivity index is 1.82. The zero-order valence-electron chi connectivity index (χ0n) is 19.2. The molecule has 1 aromatic rings. The number of piperidine rings is 1. The molecule has 0 spiro atoms. The molecule has 1 unspecified atom stereocenters. The van der Waals surface area contributed by atoms with Crippen LogP contribution in [0.25, 0.3) is 0 Å². The van der Waals surface area contributed by atoms with Crippen LogP contribution in [0.2, 0.25) is 0 Å². The van der Waals surface area contributed by atoms with Crippen molar-refractivity contribution < 1.29 is 14.3 Å². The van der Waals surface area contributed by atoms with Crippen LogP contribution in [-0.4, -0.2) is 47.6 Å². The monoisotopic (exact) mass is 433 g/mol. The number of benzene rings is 1. The summed E-state index contributed by atoms with van der Waals surface area (Å²) in [7, 11) is 0. The van der Waals surface area contributed by atoms with Gasteiger partial charge in [-0.3, -0.25) is 14.5 Å². The molecule has 0 amide bonds. The Morgan fingerprint density at radius 2 is 1.77 bits per heavy atom. The van der Waals surface area contributed by atoms with Crippen molar-refractivity contribution in [3.05, 3.63) is 29.8 Å². The summed E-state index contributed by atoms with van der Waals surface area (Å²) in [4.78, 5) is 28.5. The quantitative estimate of drug-likeness (QED) is 0.230. The Bertz CT molecular complexity index is 665. The van der Waals surface area contributed by atoms with E-state index in [0.717, 1.165) is 36.4 Å². The van der Waals surface area contributed by atoms with Crippen LogP contribution in [0.4, 0.5) is 0 Å². The number of carbonyl (C=O) groups is 2. The second-order valence-corrected chi connectivity index (χ2v) is 9.90. The minimum absolute atomic E-state index is 0.165. The highest BCUT2D eigenvalue weighted by Crippen LogP contribution is 2.26. The molecule has 1 saturated heterocycles. The summed E-state index contributed by atoms with van der Waals surface area (Å²) in [6.45, 7) is 10.9. The summed E-state index contributed by atoms with van der Waals surface area (Å²) in [5, 5.41) is 0. The highest BCUT2D eigenvalue weighted by molar-refractivity contribution is 8.00. The number of nitrogens with zero attached hydrogens (tertiary/aromatic N) is 1. The molecule has 1 atom stereocenters. The normalized spacial score (nSPS) is 16.3. The third-order valence-corrected chi connectivity index (χ3v) is 7.18. The van der Waals surface area contributed by atoms with Gasteiger partial charge in [0.15, 0.2) is 5.78 Å². The second-order valence-electron chi connectivity index (χ2n) is 8.85. The molecule has 0 N–H and O–H groups in total. The van der Waals surface area contributed by atoms with Gasteiger partial charge in [0.1, 0.15) is 0 Å². The molecule has 4 nitrogen and oxygen atoms in total. The van der Waals surface area contributed by atoms with Crippen molar-refractivity contribution in [1.29, 1.82) is 0 Å². The minimum Gasteiger partial charge on any atom is -0.465 e. The number of ketones is 1. The third kappa shape index (κ3) is 7.42. The minimum atomic E-state index is -0.480. The molecule has 2 rings (SSSR count). The second kappa shape index (κ2) is 12.5. The van der Waals surface area contributed by atoms with E-state index in [1.54, 1.807) is 0 Å². The van der Waals surface area contributed by atoms with Gasteiger partial charge in [0, 0.05) is 10.5 Å². The molecule has 0 aliphatic carbocycles. The van der Waals surface area contributed by atoms with Crippen LogP contribution in [0.5, 0.6) is 0 Å². The molecule has 1 aliphatic rings. The van der Waals surface area contributed by atoms with E-state index in [-0.39, 0.29) is 11.8 Å². The fourth-order valence-electron chi connectivity index (χ4n) is 3.95.